The van der Waals surface area contributed by atoms with Gasteiger partial charge in [-0.15, -0.1) is 11.3 Å². The largest absolute Gasteiger partial charge is 0.361 e. The molecule has 0 spiro atoms. The van der Waals surface area contributed by atoms with Gasteiger partial charge >= 0.3 is 0 Å². The fraction of sp³-hybridized carbons (Fsp3) is 0.214. The van der Waals surface area contributed by atoms with E-state index in [1.807, 2.05) is 36.5 Å². The zero-order valence-electron chi connectivity index (χ0n) is 18.9. The highest BCUT2D eigenvalue weighted by Crippen LogP contribution is 2.29. The van der Waals surface area contributed by atoms with Crippen LogP contribution in [0.25, 0.3) is 17.0 Å². The van der Waals surface area contributed by atoms with Gasteiger partial charge in [-0.25, -0.2) is 0 Å². The monoisotopic (exact) mass is 469 g/mol. The average molecular weight is 470 g/mol. The van der Waals surface area contributed by atoms with Gasteiger partial charge in [0, 0.05) is 38.0 Å². The maximum Gasteiger partial charge on any atom is 0.268 e. The molecule has 172 valence electrons. The van der Waals surface area contributed by atoms with E-state index in [4.69, 9.17) is 0 Å². The molecule has 0 aliphatic heterocycles. The summed E-state index contributed by atoms with van der Waals surface area (Å²) in [5, 5.41) is 6.84. The predicted molar refractivity (Wildman–Crippen MR) is 138 cm³/mol. The summed E-state index contributed by atoms with van der Waals surface area (Å²) in [7, 11) is 0. The predicted octanol–water partition coefficient (Wildman–Crippen LogP) is 5.59. The lowest BCUT2D eigenvalue weighted by Gasteiger charge is -2.11. The first kappa shape index (κ1) is 22.2. The number of carbonyl (C=O) groups excluding carboxylic acids is 2. The van der Waals surface area contributed by atoms with Crippen molar-refractivity contribution in [1.82, 2.24) is 15.6 Å². The molecule has 0 saturated carbocycles. The minimum atomic E-state index is -0.315. The zero-order chi connectivity index (χ0) is 23.3. The van der Waals surface area contributed by atoms with Crippen molar-refractivity contribution in [1.29, 1.82) is 0 Å². The van der Waals surface area contributed by atoms with Crippen LogP contribution in [0.3, 0.4) is 0 Å². The molecule has 0 atom stereocenters. The van der Waals surface area contributed by atoms with E-state index >= 15 is 0 Å². The number of thiophene rings is 1. The number of amides is 2. The molecular weight excluding hydrogens is 442 g/mol. The zero-order valence-corrected chi connectivity index (χ0v) is 19.7. The molecule has 5 rings (SSSR count). The summed E-state index contributed by atoms with van der Waals surface area (Å²) in [5.74, 6) is -0.622. The van der Waals surface area contributed by atoms with E-state index < -0.39 is 0 Å². The summed E-state index contributed by atoms with van der Waals surface area (Å²) >= 11 is 1.79. The summed E-state index contributed by atoms with van der Waals surface area (Å²) in [4.78, 5) is 31.9. The number of aryl methyl sites for hydroxylation is 2. The summed E-state index contributed by atoms with van der Waals surface area (Å²) in [6.45, 7) is 0.447. The van der Waals surface area contributed by atoms with Crippen LogP contribution < -0.4 is 10.6 Å². The molecule has 1 aliphatic carbocycles. The molecule has 0 fully saturated rings. The third-order valence-electron chi connectivity index (χ3n) is 6.17. The lowest BCUT2D eigenvalue weighted by molar-refractivity contribution is -0.117. The molecule has 2 aromatic heterocycles. The van der Waals surface area contributed by atoms with E-state index in [0.29, 0.717) is 12.1 Å². The minimum Gasteiger partial charge on any atom is -0.361 e. The maximum atomic E-state index is 13.2. The maximum absolute atomic E-state index is 13.2. The number of H-pyrrole nitrogens is 1. The van der Waals surface area contributed by atoms with Crippen LogP contribution in [0.5, 0.6) is 0 Å². The summed E-state index contributed by atoms with van der Waals surface area (Å²) < 4.78 is 0. The number of nitrogens with one attached hydrogen (secondary N) is 3. The molecule has 4 aromatic rings. The van der Waals surface area contributed by atoms with Gasteiger partial charge in [0.25, 0.3) is 11.8 Å². The SMILES string of the molecule is O=C(NCc1cc2c(s1)CCCCC2)C(=Cc1c[nH]c2ccccc12)NC(=O)c1ccccc1. The van der Waals surface area contributed by atoms with Crippen molar-refractivity contribution >= 4 is 40.1 Å². The molecular formula is C28H27N3O2S. The standard InChI is InChI=1S/C28H27N3O2S/c32-27(19-9-3-1-4-10-19)31-25(16-21-17-29-24-13-8-7-12-23(21)24)28(33)30-18-22-15-20-11-5-2-6-14-26(20)34-22/h1,3-4,7-10,12-13,15-17,29H,2,5-6,11,14,18H2,(H,30,33)(H,31,32). The molecule has 34 heavy (non-hydrogen) atoms. The topological polar surface area (TPSA) is 74.0 Å². The van der Waals surface area contributed by atoms with Crippen LogP contribution in [0.15, 0.2) is 72.6 Å². The third kappa shape index (κ3) is 4.97. The first-order chi connectivity index (χ1) is 16.7. The van der Waals surface area contributed by atoms with Gasteiger partial charge in [0.15, 0.2) is 0 Å². The molecule has 1 aliphatic rings. The number of carbonyl (C=O) groups is 2. The lowest BCUT2D eigenvalue weighted by Crippen LogP contribution is -2.34. The first-order valence-corrected chi connectivity index (χ1v) is 12.5. The summed E-state index contributed by atoms with van der Waals surface area (Å²) in [5.41, 5.74) is 3.97. The van der Waals surface area contributed by atoms with Crippen molar-refractivity contribution in [2.75, 3.05) is 0 Å². The molecule has 0 unspecified atom stereocenters. The number of hydrogen-bond donors (Lipinski definition) is 3. The van der Waals surface area contributed by atoms with Gasteiger partial charge in [-0.2, -0.15) is 0 Å². The Hall–Kier alpha value is -3.64. The van der Waals surface area contributed by atoms with Crippen LogP contribution in [0, 0.1) is 0 Å². The van der Waals surface area contributed by atoms with Crippen LogP contribution in [-0.2, 0) is 24.2 Å². The van der Waals surface area contributed by atoms with E-state index in [-0.39, 0.29) is 17.5 Å². The molecule has 2 heterocycles. The van der Waals surface area contributed by atoms with Crippen LogP contribution >= 0.6 is 11.3 Å². The normalized spacial score (nSPS) is 13.8. The Kier molecular flexibility index (Phi) is 6.58. The van der Waals surface area contributed by atoms with Gasteiger partial charge in [-0.1, -0.05) is 42.8 Å². The molecule has 6 heteroatoms. The number of benzene rings is 2. The highest BCUT2D eigenvalue weighted by atomic mass is 32.1. The number of aromatic amines is 1. The second kappa shape index (κ2) is 10.1. The van der Waals surface area contributed by atoms with Gasteiger partial charge in [0.2, 0.25) is 0 Å². The summed E-state index contributed by atoms with van der Waals surface area (Å²) in [6.07, 6.45) is 9.60. The van der Waals surface area contributed by atoms with Crippen molar-refractivity contribution in [3.63, 3.8) is 0 Å². The number of rotatable bonds is 6. The molecule has 3 N–H and O–H groups in total. The smallest absolute Gasteiger partial charge is 0.268 e. The van der Waals surface area contributed by atoms with Crippen molar-refractivity contribution < 1.29 is 9.59 Å². The van der Waals surface area contributed by atoms with Gasteiger partial charge in [0.1, 0.15) is 5.70 Å². The molecule has 0 bridgehead atoms. The van der Waals surface area contributed by atoms with E-state index in [1.54, 1.807) is 41.7 Å². The average Bonchev–Trinajstić information content (AvgIpc) is 3.39. The van der Waals surface area contributed by atoms with Gasteiger partial charge in [-0.3, -0.25) is 9.59 Å². The van der Waals surface area contributed by atoms with Gasteiger partial charge < -0.3 is 15.6 Å². The summed E-state index contributed by atoms with van der Waals surface area (Å²) in [6, 6.07) is 19.0. The molecule has 0 saturated heterocycles. The number of fused-ring (bicyclic) bond motifs is 2. The second-order valence-electron chi connectivity index (χ2n) is 8.57. The molecule has 0 radical (unpaired) electrons. The van der Waals surface area contributed by atoms with Crippen LogP contribution in [0.1, 0.15) is 50.5 Å². The highest BCUT2D eigenvalue weighted by Gasteiger charge is 2.17. The van der Waals surface area contributed by atoms with Gasteiger partial charge in [-0.05, 0) is 61.6 Å². The Morgan fingerprint density at radius 2 is 1.76 bits per heavy atom. The van der Waals surface area contributed by atoms with Gasteiger partial charge in [0.05, 0.1) is 6.54 Å². The van der Waals surface area contributed by atoms with Crippen molar-refractivity contribution in [3.8, 4) is 0 Å². The highest BCUT2D eigenvalue weighted by molar-refractivity contribution is 7.12. The Morgan fingerprint density at radius 1 is 0.971 bits per heavy atom. The number of hydrogen-bond acceptors (Lipinski definition) is 3. The lowest BCUT2D eigenvalue weighted by atomic mass is 10.1. The Balaban J connectivity index is 1.38. The Labute approximate surface area is 202 Å². The van der Waals surface area contributed by atoms with E-state index in [1.165, 1.54) is 29.7 Å². The fourth-order valence-corrected chi connectivity index (χ4v) is 5.59. The quantitative estimate of drug-likeness (QED) is 0.255. The number of aromatic nitrogens is 1. The van der Waals surface area contributed by atoms with Crippen LogP contribution in [-0.4, -0.2) is 16.8 Å². The first-order valence-electron chi connectivity index (χ1n) is 11.7. The van der Waals surface area contributed by atoms with E-state index in [9.17, 15) is 9.59 Å². The van der Waals surface area contributed by atoms with Crippen molar-refractivity contribution in [2.45, 2.75) is 38.6 Å². The second-order valence-corrected chi connectivity index (χ2v) is 9.79. The van der Waals surface area contributed by atoms with Crippen molar-refractivity contribution in [3.05, 3.63) is 99.0 Å². The number of para-hydroxylation sites is 1. The van der Waals surface area contributed by atoms with Crippen LogP contribution in [0.4, 0.5) is 0 Å². The van der Waals surface area contributed by atoms with E-state index in [0.717, 1.165) is 34.2 Å². The fourth-order valence-electron chi connectivity index (χ4n) is 4.39. The van der Waals surface area contributed by atoms with Crippen molar-refractivity contribution in [2.24, 2.45) is 0 Å². The molecule has 2 aromatic carbocycles. The minimum absolute atomic E-state index is 0.219. The molecule has 5 nitrogen and oxygen atoms in total. The molecule has 2 amide bonds. The Morgan fingerprint density at radius 3 is 2.65 bits per heavy atom. The van der Waals surface area contributed by atoms with E-state index in [2.05, 4.69) is 21.7 Å². The Bertz CT molecular complexity index is 1330. The van der Waals surface area contributed by atoms with Crippen LogP contribution in [0.2, 0.25) is 0 Å². The third-order valence-corrected chi connectivity index (χ3v) is 7.41.